The van der Waals surface area contributed by atoms with E-state index in [2.05, 4.69) is 81.5 Å². The summed E-state index contributed by atoms with van der Waals surface area (Å²) in [6, 6.07) is 0. The van der Waals surface area contributed by atoms with Crippen molar-refractivity contribution in [2.24, 2.45) is 0 Å². The zero-order valence-corrected chi connectivity index (χ0v) is 42.3. The maximum atomic E-state index is 12.8. The Bertz CT molecular complexity index is 1170. The minimum atomic E-state index is -0.784. The summed E-state index contributed by atoms with van der Waals surface area (Å²) in [7, 11) is 0. The summed E-state index contributed by atoms with van der Waals surface area (Å²) in [5, 5.41) is 0. The molecular formula is C58H102O6. The summed E-state index contributed by atoms with van der Waals surface area (Å²) in [5.41, 5.74) is 0. The molecule has 0 rings (SSSR count). The molecule has 0 N–H and O–H groups in total. The van der Waals surface area contributed by atoms with Crippen molar-refractivity contribution in [1.82, 2.24) is 0 Å². The molecule has 6 heteroatoms. The Morgan fingerprint density at radius 3 is 0.984 bits per heavy atom. The van der Waals surface area contributed by atoms with Gasteiger partial charge in [-0.2, -0.15) is 0 Å². The van der Waals surface area contributed by atoms with Crippen LogP contribution in [0.2, 0.25) is 0 Å². The average Bonchev–Trinajstić information content (AvgIpc) is 3.29. The summed E-state index contributed by atoms with van der Waals surface area (Å²) in [5.74, 6) is -0.906. The summed E-state index contributed by atoms with van der Waals surface area (Å²) in [4.78, 5) is 38.0. The molecule has 64 heavy (non-hydrogen) atoms. The third-order valence-electron chi connectivity index (χ3n) is 11.7. The van der Waals surface area contributed by atoms with Crippen LogP contribution in [0, 0.1) is 0 Å². The molecule has 0 aliphatic carbocycles. The summed E-state index contributed by atoms with van der Waals surface area (Å²) in [6.07, 6.45) is 64.9. The van der Waals surface area contributed by atoms with Crippen LogP contribution in [0.4, 0.5) is 0 Å². The Kier molecular flexibility index (Phi) is 50.4. The zero-order valence-electron chi connectivity index (χ0n) is 42.3. The van der Waals surface area contributed by atoms with Gasteiger partial charge in [-0.15, -0.1) is 0 Å². The Morgan fingerprint density at radius 1 is 0.312 bits per heavy atom. The van der Waals surface area contributed by atoms with E-state index in [0.717, 1.165) is 89.9 Å². The van der Waals surface area contributed by atoms with Gasteiger partial charge in [-0.25, -0.2) is 0 Å². The Morgan fingerprint density at radius 2 is 0.594 bits per heavy atom. The first-order valence-electron chi connectivity index (χ1n) is 27.3. The van der Waals surface area contributed by atoms with E-state index < -0.39 is 6.10 Å². The van der Waals surface area contributed by atoms with E-state index in [1.54, 1.807) is 0 Å². The van der Waals surface area contributed by atoms with E-state index in [1.807, 2.05) is 0 Å². The van der Waals surface area contributed by atoms with E-state index in [0.29, 0.717) is 19.3 Å². The molecule has 1 atom stereocenters. The molecule has 0 heterocycles. The Balaban J connectivity index is 4.35. The lowest BCUT2D eigenvalue weighted by molar-refractivity contribution is -0.167. The molecule has 0 aromatic carbocycles. The normalized spacial score (nSPS) is 12.5. The van der Waals surface area contributed by atoms with Gasteiger partial charge in [-0.1, -0.05) is 210 Å². The highest BCUT2D eigenvalue weighted by Gasteiger charge is 2.19. The van der Waals surface area contributed by atoms with Crippen LogP contribution >= 0.6 is 0 Å². The highest BCUT2D eigenvalue weighted by atomic mass is 16.6. The molecule has 0 radical (unpaired) electrons. The smallest absolute Gasteiger partial charge is 0.306 e. The lowest BCUT2D eigenvalue weighted by atomic mass is 10.1. The van der Waals surface area contributed by atoms with Crippen molar-refractivity contribution in [3.63, 3.8) is 0 Å². The molecule has 0 spiro atoms. The number of rotatable bonds is 49. The number of hydrogen-bond acceptors (Lipinski definition) is 6. The fourth-order valence-electron chi connectivity index (χ4n) is 7.56. The first-order valence-corrected chi connectivity index (χ1v) is 27.3. The highest BCUT2D eigenvalue weighted by Crippen LogP contribution is 2.14. The molecule has 6 nitrogen and oxygen atoms in total. The quantitative estimate of drug-likeness (QED) is 0.0262. The molecule has 0 saturated carbocycles. The molecule has 0 fully saturated rings. The van der Waals surface area contributed by atoms with Gasteiger partial charge in [-0.05, 0) is 103 Å². The number of carbonyl (C=O) groups excluding carboxylic acids is 3. The van der Waals surface area contributed by atoms with Gasteiger partial charge in [0.1, 0.15) is 13.2 Å². The minimum Gasteiger partial charge on any atom is -0.462 e. The lowest BCUT2D eigenvalue weighted by Crippen LogP contribution is -2.30. The molecule has 0 aliphatic heterocycles. The second-order valence-corrected chi connectivity index (χ2v) is 18.1. The fraction of sp³-hybridized carbons (Fsp3) is 0.776. The van der Waals surface area contributed by atoms with Crippen molar-refractivity contribution in [3.8, 4) is 0 Å². The Hall–Kier alpha value is -2.89. The van der Waals surface area contributed by atoms with Crippen molar-refractivity contribution in [3.05, 3.63) is 60.8 Å². The van der Waals surface area contributed by atoms with Crippen molar-refractivity contribution in [2.75, 3.05) is 13.2 Å². The minimum absolute atomic E-state index is 0.0844. The second kappa shape index (κ2) is 52.7. The van der Waals surface area contributed by atoms with E-state index in [-0.39, 0.29) is 31.1 Å². The first kappa shape index (κ1) is 61.1. The average molecular weight is 895 g/mol. The van der Waals surface area contributed by atoms with Gasteiger partial charge in [0.2, 0.25) is 0 Å². The third-order valence-corrected chi connectivity index (χ3v) is 11.7. The predicted octanol–water partition coefficient (Wildman–Crippen LogP) is 18.0. The summed E-state index contributed by atoms with van der Waals surface area (Å²) in [6.45, 7) is 6.54. The molecule has 0 amide bonds. The van der Waals surface area contributed by atoms with Gasteiger partial charge in [0.05, 0.1) is 0 Å². The number of esters is 3. The SMILES string of the molecule is CCC/C=C\CCCCCCCC(=O)OCC(COC(=O)CCCCCCCC/C=C\C/C=C\C/C=C\CCCCC)OC(=O)CCCCCCCCC/C=C\CCCCCCCC. The van der Waals surface area contributed by atoms with Gasteiger partial charge in [0, 0.05) is 19.3 Å². The fourth-order valence-corrected chi connectivity index (χ4v) is 7.56. The molecule has 0 aromatic rings. The maximum absolute atomic E-state index is 12.8. The van der Waals surface area contributed by atoms with E-state index in [9.17, 15) is 14.4 Å². The van der Waals surface area contributed by atoms with E-state index >= 15 is 0 Å². The largest absolute Gasteiger partial charge is 0.462 e. The van der Waals surface area contributed by atoms with Crippen LogP contribution in [0.15, 0.2) is 60.8 Å². The topological polar surface area (TPSA) is 78.9 Å². The Labute approximate surface area is 396 Å². The number of ether oxygens (including phenoxy) is 3. The standard InChI is InChI=1S/C58H102O6/c1-4-7-10-13-16-19-22-24-26-28-29-31-32-34-36-39-42-45-48-51-57(60)63-54-55(53-62-56(59)50-47-44-41-38-21-18-15-12-9-6-3)64-58(61)52-49-46-43-40-37-35-33-30-27-25-23-20-17-14-11-8-5-2/h12,15-16,19,24-27,29,31,55H,4-11,13-14,17-18,20-23,28,30,32-54H2,1-3H3/b15-12-,19-16-,26-24-,27-25-,31-29-. The molecule has 0 saturated heterocycles. The summed E-state index contributed by atoms with van der Waals surface area (Å²) >= 11 is 0. The number of allylic oxidation sites excluding steroid dienone is 10. The highest BCUT2D eigenvalue weighted by molar-refractivity contribution is 5.71. The number of carbonyl (C=O) groups is 3. The van der Waals surface area contributed by atoms with Gasteiger partial charge < -0.3 is 14.2 Å². The van der Waals surface area contributed by atoms with Crippen LogP contribution in [0.3, 0.4) is 0 Å². The molecule has 0 aliphatic rings. The predicted molar refractivity (Wildman–Crippen MR) is 275 cm³/mol. The number of hydrogen-bond donors (Lipinski definition) is 0. The van der Waals surface area contributed by atoms with Gasteiger partial charge in [0.15, 0.2) is 6.10 Å². The number of unbranched alkanes of at least 4 members (excludes halogenated alkanes) is 28. The zero-order chi connectivity index (χ0) is 46.5. The van der Waals surface area contributed by atoms with Crippen molar-refractivity contribution < 1.29 is 28.6 Å². The molecule has 0 bridgehead atoms. The first-order chi connectivity index (χ1) is 31.5. The van der Waals surface area contributed by atoms with Crippen molar-refractivity contribution in [2.45, 2.75) is 277 Å². The summed E-state index contributed by atoms with van der Waals surface area (Å²) < 4.78 is 16.8. The van der Waals surface area contributed by atoms with Crippen LogP contribution in [0.25, 0.3) is 0 Å². The van der Waals surface area contributed by atoms with Crippen molar-refractivity contribution >= 4 is 17.9 Å². The molecule has 0 aromatic heterocycles. The van der Waals surface area contributed by atoms with Crippen LogP contribution in [-0.4, -0.2) is 37.2 Å². The maximum Gasteiger partial charge on any atom is 0.306 e. The third kappa shape index (κ3) is 50.1. The lowest BCUT2D eigenvalue weighted by Gasteiger charge is -2.18. The van der Waals surface area contributed by atoms with Crippen molar-refractivity contribution in [1.29, 1.82) is 0 Å². The molecule has 1 unspecified atom stereocenters. The van der Waals surface area contributed by atoms with Gasteiger partial charge in [-0.3, -0.25) is 14.4 Å². The van der Waals surface area contributed by atoms with Crippen LogP contribution in [0.1, 0.15) is 271 Å². The van der Waals surface area contributed by atoms with Crippen LogP contribution < -0.4 is 0 Å². The van der Waals surface area contributed by atoms with E-state index in [4.69, 9.17) is 14.2 Å². The molecule has 370 valence electrons. The monoisotopic (exact) mass is 895 g/mol. The second-order valence-electron chi connectivity index (χ2n) is 18.1. The van der Waals surface area contributed by atoms with E-state index in [1.165, 1.54) is 141 Å². The van der Waals surface area contributed by atoms with Gasteiger partial charge in [0.25, 0.3) is 0 Å². The van der Waals surface area contributed by atoms with Crippen LogP contribution in [0.5, 0.6) is 0 Å². The molecular weight excluding hydrogens is 793 g/mol. The van der Waals surface area contributed by atoms with Gasteiger partial charge >= 0.3 is 17.9 Å². The van der Waals surface area contributed by atoms with Crippen LogP contribution in [-0.2, 0) is 28.6 Å².